The molecule has 1 amide bonds. The van der Waals surface area contributed by atoms with Crippen LogP contribution in [0.3, 0.4) is 0 Å². The molecule has 1 aliphatic heterocycles. The fourth-order valence-corrected chi connectivity index (χ4v) is 3.14. The number of aromatic nitrogens is 2. The van der Waals surface area contributed by atoms with Gasteiger partial charge in [-0.05, 0) is 39.1 Å². The van der Waals surface area contributed by atoms with Crippen LogP contribution in [0.5, 0.6) is 0 Å². The van der Waals surface area contributed by atoms with E-state index >= 15 is 0 Å². The Balaban J connectivity index is 1.52. The third kappa shape index (κ3) is 3.30. The van der Waals surface area contributed by atoms with E-state index in [9.17, 15) is 4.79 Å². The van der Waals surface area contributed by atoms with E-state index in [0.29, 0.717) is 18.9 Å². The predicted molar refractivity (Wildman–Crippen MR) is 87.7 cm³/mol. The summed E-state index contributed by atoms with van der Waals surface area (Å²) in [5, 5.41) is 0. The molecule has 0 atom stereocenters. The van der Waals surface area contributed by atoms with Crippen LogP contribution in [0, 0.1) is 0 Å². The Morgan fingerprint density at radius 2 is 2.05 bits per heavy atom. The third-order valence-corrected chi connectivity index (χ3v) is 4.56. The normalized spacial score (nSPS) is 16.6. The lowest BCUT2D eigenvalue weighted by molar-refractivity contribution is -0.132. The molecular formula is C17H24N4O. The first-order valence-electron chi connectivity index (χ1n) is 8.01. The summed E-state index contributed by atoms with van der Waals surface area (Å²) in [6.07, 6.45) is 3.36. The van der Waals surface area contributed by atoms with Crippen LogP contribution in [-0.4, -0.2) is 58.9 Å². The van der Waals surface area contributed by atoms with Gasteiger partial charge in [0.2, 0.25) is 5.91 Å². The molecule has 5 heteroatoms. The Kier molecular flexibility index (Phi) is 4.43. The number of aryl methyl sites for hydroxylation is 1. The molecule has 2 aromatic rings. The van der Waals surface area contributed by atoms with Crippen molar-refractivity contribution < 1.29 is 4.79 Å². The molecule has 0 saturated carbocycles. The van der Waals surface area contributed by atoms with Crippen LogP contribution in [0.15, 0.2) is 24.3 Å². The van der Waals surface area contributed by atoms with Gasteiger partial charge in [-0.2, -0.15) is 0 Å². The monoisotopic (exact) mass is 300 g/mol. The molecule has 0 radical (unpaired) electrons. The highest BCUT2D eigenvalue weighted by molar-refractivity contribution is 5.77. The molecular weight excluding hydrogens is 276 g/mol. The maximum atomic E-state index is 12.3. The van der Waals surface area contributed by atoms with E-state index in [-0.39, 0.29) is 5.91 Å². The molecule has 1 aromatic carbocycles. The van der Waals surface area contributed by atoms with Crippen molar-refractivity contribution in [3.8, 4) is 0 Å². The molecule has 0 aliphatic carbocycles. The number of benzene rings is 1. The number of hydrogen-bond donors (Lipinski definition) is 1. The molecule has 118 valence electrons. The summed E-state index contributed by atoms with van der Waals surface area (Å²) in [6, 6.07) is 8.58. The summed E-state index contributed by atoms with van der Waals surface area (Å²) >= 11 is 0. The number of hydrogen-bond acceptors (Lipinski definition) is 3. The molecule has 0 unspecified atom stereocenters. The van der Waals surface area contributed by atoms with Gasteiger partial charge in [-0.15, -0.1) is 0 Å². The van der Waals surface area contributed by atoms with Crippen molar-refractivity contribution in [1.82, 2.24) is 19.8 Å². The zero-order valence-corrected chi connectivity index (χ0v) is 13.4. The lowest BCUT2D eigenvalue weighted by atomic mass is 10.0. The zero-order chi connectivity index (χ0) is 15.5. The topological polar surface area (TPSA) is 52.2 Å². The number of H-pyrrole nitrogens is 1. The number of rotatable bonds is 4. The molecule has 1 fully saturated rings. The standard InChI is InChI=1S/C17H24N4O/c1-20(2)13-9-11-21(12-10-13)17(22)8-7-16-18-14-5-3-4-6-15(14)19-16/h3-6,13H,7-12H2,1-2H3,(H,18,19). The Morgan fingerprint density at radius 1 is 1.32 bits per heavy atom. The second-order valence-electron chi connectivity index (χ2n) is 6.28. The van der Waals surface area contributed by atoms with Crippen LogP contribution in [0.2, 0.25) is 0 Å². The quantitative estimate of drug-likeness (QED) is 0.940. The summed E-state index contributed by atoms with van der Waals surface area (Å²) in [5.41, 5.74) is 2.01. The highest BCUT2D eigenvalue weighted by Crippen LogP contribution is 2.16. The molecule has 0 bridgehead atoms. The van der Waals surface area contributed by atoms with E-state index < -0.39 is 0 Å². The van der Waals surface area contributed by atoms with Crippen molar-refractivity contribution in [1.29, 1.82) is 0 Å². The third-order valence-electron chi connectivity index (χ3n) is 4.56. The SMILES string of the molecule is CN(C)C1CCN(C(=O)CCc2nc3ccccc3[nH]2)CC1. The molecule has 1 N–H and O–H groups in total. The van der Waals surface area contributed by atoms with Gasteiger partial charge in [-0.1, -0.05) is 12.1 Å². The summed E-state index contributed by atoms with van der Waals surface area (Å²) in [6.45, 7) is 1.75. The van der Waals surface area contributed by atoms with E-state index in [4.69, 9.17) is 0 Å². The van der Waals surface area contributed by atoms with Crippen molar-refractivity contribution in [3.05, 3.63) is 30.1 Å². The Labute approximate surface area is 131 Å². The highest BCUT2D eigenvalue weighted by Gasteiger charge is 2.23. The lowest BCUT2D eigenvalue weighted by Gasteiger charge is -2.35. The first-order valence-corrected chi connectivity index (χ1v) is 8.01. The summed E-state index contributed by atoms with van der Waals surface area (Å²) in [5.74, 6) is 1.15. The molecule has 1 aromatic heterocycles. The second-order valence-corrected chi connectivity index (χ2v) is 6.28. The van der Waals surface area contributed by atoms with Crippen LogP contribution in [0.25, 0.3) is 11.0 Å². The average molecular weight is 300 g/mol. The fourth-order valence-electron chi connectivity index (χ4n) is 3.14. The lowest BCUT2D eigenvalue weighted by Crippen LogP contribution is -2.44. The van der Waals surface area contributed by atoms with Gasteiger partial charge in [-0.25, -0.2) is 4.98 Å². The molecule has 2 heterocycles. The van der Waals surface area contributed by atoms with Crippen molar-refractivity contribution in [3.63, 3.8) is 0 Å². The number of para-hydroxylation sites is 2. The van der Waals surface area contributed by atoms with Crippen LogP contribution in [0.1, 0.15) is 25.1 Å². The Morgan fingerprint density at radius 3 is 2.73 bits per heavy atom. The van der Waals surface area contributed by atoms with Gasteiger partial charge in [0.05, 0.1) is 11.0 Å². The van der Waals surface area contributed by atoms with Crippen molar-refractivity contribution >= 4 is 16.9 Å². The van der Waals surface area contributed by atoms with Crippen LogP contribution in [0.4, 0.5) is 0 Å². The van der Waals surface area contributed by atoms with E-state index in [2.05, 4.69) is 29.0 Å². The van der Waals surface area contributed by atoms with Gasteiger partial charge >= 0.3 is 0 Å². The van der Waals surface area contributed by atoms with Gasteiger partial charge in [-0.3, -0.25) is 4.79 Å². The van der Waals surface area contributed by atoms with Crippen molar-refractivity contribution in [2.75, 3.05) is 27.2 Å². The Bertz CT molecular complexity index is 608. The Hall–Kier alpha value is -1.88. The zero-order valence-electron chi connectivity index (χ0n) is 13.4. The molecule has 1 saturated heterocycles. The number of likely N-dealkylation sites (tertiary alicyclic amines) is 1. The first-order chi connectivity index (χ1) is 10.6. The second kappa shape index (κ2) is 6.48. The van der Waals surface area contributed by atoms with Crippen molar-refractivity contribution in [2.45, 2.75) is 31.7 Å². The number of nitrogens with zero attached hydrogens (tertiary/aromatic N) is 3. The fraction of sp³-hybridized carbons (Fsp3) is 0.529. The largest absolute Gasteiger partial charge is 0.343 e. The smallest absolute Gasteiger partial charge is 0.223 e. The van der Waals surface area contributed by atoms with Gasteiger partial charge in [0.1, 0.15) is 5.82 Å². The van der Waals surface area contributed by atoms with E-state index in [1.54, 1.807) is 0 Å². The van der Waals surface area contributed by atoms with E-state index in [0.717, 1.165) is 42.8 Å². The van der Waals surface area contributed by atoms with Gasteiger partial charge in [0.15, 0.2) is 0 Å². The number of aromatic amines is 1. The summed E-state index contributed by atoms with van der Waals surface area (Å²) in [4.78, 5) is 24.4. The molecule has 22 heavy (non-hydrogen) atoms. The molecule has 3 rings (SSSR count). The minimum absolute atomic E-state index is 0.248. The molecule has 5 nitrogen and oxygen atoms in total. The summed E-state index contributed by atoms with van der Waals surface area (Å²) in [7, 11) is 4.23. The van der Waals surface area contributed by atoms with E-state index in [1.807, 2.05) is 29.2 Å². The number of carbonyl (C=O) groups is 1. The van der Waals surface area contributed by atoms with Gasteiger partial charge < -0.3 is 14.8 Å². The van der Waals surface area contributed by atoms with Gasteiger partial charge in [0.25, 0.3) is 0 Å². The van der Waals surface area contributed by atoms with Crippen LogP contribution < -0.4 is 0 Å². The maximum absolute atomic E-state index is 12.3. The molecule has 0 spiro atoms. The number of fused-ring (bicyclic) bond motifs is 1. The number of imidazole rings is 1. The van der Waals surface area contributed by atoms with Gasteiger partial charge in [0, 0.05) is 32.0 Å². The average Bonchev–Trinajstić information content (AvgIpc) is 2.95. The molecule has 1 aliphatic rings. The van der Waals surface area contributed by atoms with E-state index in [1.165, 1.54) is 0 Å². The summed E-state index contributed by atoms with van der Waals surface area (Å²) < 4.78 is 0. The van der Waals surface area contributed by atoms with Crippen LogP contribution in [-0.2, 0) is 11.2 Å². The number of piperidine rings is 1. The maximum Gasteiger partial charge on any atom is 0.223 e. The highest BCUT2D eigenvalue weighted by atomic mass is 16.2. The minimum Gasteiger partial charge on any atom is -0.343 e. The first kappa shape index (κ1) is 15.0. The predicted octanol–water partition coefficient (Wildman–Crippen LogP) is 2.05. The number of amides is 1. The number of nitrogens with one attached hydrogen (secondary N) is 1. The number of carbonyl (C=O) groups excluding carboxylic acids is 1. The van der Waals surface area contributed by atoms with Crippen LogP contribution >= 0.6 is 0 Å². The van der Waals surface area contributed by atoms with Crippen molar-refractivity contribution in [2.24, 2.45) is 0 Å². The minimum atomic E-state index is 0.248.